The zero-order valence-electron chi connectivity index (χ0n) is 13.7. The Bertz CT molecular complexity index is 455. The van der Waals surface area contributed by atoms with Gasteiger partial charge in [0.2, 0.25) is 5.91 Å². The second-order valence-electron chi connectivity index (χ2n) is 6.16. The topological polar surface area (TPSA) is 43.8 Å². The summed E-state index contributed by atoms with van der Waals surface area (Å²) in [5.41, 5.74) is 1.12. The summed E-state index contributed by atoms with van der Waals surface area (Å²) in [6, 6.07) is 10.1. The highest BCUT2D eigenvalue weighted by atomic mass is 16.3. The highest BCUT2D eigenvalue weighted by Gasteiger charge is 2.31. The van der Waals surface area contributed by atoms with Gasteiger partial charge in [0.05, 0.1) is 12.5 Å². The van der Waals surface area contributed by atoms with Crippen molar-refractivity contribution < 1.29 is 9.90 Å². The zero-order chi connectivity index (χ0) is 15.9. The Morgan fingerprint density at radius 3 is 2.36 bits per heavy atom. The van der Waals surface area contributed by atoms with Crippen molar-refractivity contribution >= 4 is 5.91 Å². The van der Waals surface area contributed by atoms with Crippen molar-refractivity contribution in [3.63, 3.8) is 0 Å². The Balaban J connectivity index is 2.07. The van der Waals surface area contributed by atoms with Crippen LogP contribution in [0.3, 0.4) is 0 Å². The molecule has 1 N–H and O–H groups in total. The highest BCUT2D eigenvalue weighted by Crippen LogP contribution is 2.29. The number of nitrogens with zero attached hydrogens (tertiary/aromatic N) is 2. The molecule has 2 atom stereocenters. The summed E-state index contributed by atoms with van der Waals surface area (Å²) in [4.78, 5) is 17.2. The summed E-state index contributed by atoms with van der Waals surface area (Å²) in [6.07, 6.45) is 0.996. The van der Waals surface area contributed by atoms with Crippen LogP contribution in [0.5, 0.6) is 0 Å². The normalized spacial score (nSPS) is 19.0. The van der Waals surface area contributed by atoms with Gasteiger partial charge in [-0.05, 0) is 11.5 Å². The third-order valence-corrected chi connectivity index (χ3v) is 4.74. The molecule has 1 amide bonds. The lowest BCUT2D eigenvalue weighted by atomic mass is 9.84. The number of aliphatic hydroxyl groups excluding tert-OH is 1. The summed E-state index contributed by atoms with van der Waals surface area (Å²) in [5.74, 6) is 0.546. The number of hydrogen-bond donors (Lipinski definition) is 1. The fourth-order valence-electron chi connectivity index (χ4n) is 3.14. The Morgan fingerprint density at radius 1 is 1.18 bits per heavy atom. The van der Waals surface area contributed by atoms with Crippen LogP contribution >= 0.6 is 0 Å². The number of hydrogen-bond acceptors (Lipinski definition) is 3. The quantitative estimate of drug-likeness (QED) is 0.873. The second kappa shape index (κ2) is 8.30. The minimum Gasteiger partial charge on any atom is -0.395 e. The van der Waals surface area contributed by atoms with Crippen LogP contribution in [0.2, 0.25) is 0 Å². The molecule has 0 aliphatic carbocycles. The molecule has 0 aromatic heterocycles. The number of aliphatic hydroxyl groups is 1. The molecule has 122 valence electrons. The Labute approximate surface area is 133 Å². The average molecular weight is 304 g/mol. The molecule has 1 aliphatic rings. The molecule has 22 heavy (non-hydrogen) atoms. The number of piperazine rings is 1. The molecule has 0 radical (unpaired) electrons. The Morgan fingerprint density at radius 2 is 1.82 bits per heavy atom. The van der Waals surface area contributed by atoms with Gasteiger partial charge in [-0.15, -0.1) is 0 Å². The molecular weight excluding hydrogens is 276 g/mol. The zero-order valence-corrected chi connectivity index (χ0v) is 13.7. The van der Waals surface area contributed by atoms with Crippen molar-refractivity contribution in [3.05, 3.63) is 35.9 Å². The van der Waals surface area contributed by atoms with E-state index in [1.165, 1.54) is 0 Å². The maximum absolute atomic E-state index is 13.0. The first-order valence-corrected chi connectivity index (χ1v) is 8.34. The minimum atomic E-state index is -0.0457. The minimum absolute atomic E-state index is 0.0457. The van der Waals surface area contributed by atoms with E-state index in [4.69, 9.17) is 5.11 Å². The van der Waals surface area contributed by atoms with E-state index in [1.807, 2.05) is 23.1 Å². The number of carbonyl (C=O) groups is 1. The first kappa shape index (κ1) is 17.0. The summed E-state index contributed by atoms with van der Waals surface area (Å²) < 4.78 is 0. The van der Waals surface area contributed by atoms with Crippen molar-refractivity contribution in [2.45, 2.75) is 26.2 Å². The van der Waals surface area contributed by atoms with E-state index in [-0.39, 0.29) is 18.4 Å². The van der Waals surface area contributed by atoms with Crippen LogP contribution in [0, 0.1) is 5.92 Å². The van der Waals surface area contributed by atoms with E-state index < -0.39 is 0 Å². The van der Waals surface area contributed by atoms with Crippen LogP contribution in [-0.4, -0.2) is 60.1 Å². The van der Waals surface area contributed by atoms with Gasteiger partial charge in [0.25, 0.3) is 0 Å². The summed E-state index contributed by atoms with van der Waals surface area (Å²) in [7, 11) is 0. The molecule has 0 bridgehead atoms. The van der Waals surface area contributed by atoms with Crippen LogP contribution in [0.25, 0.3) is 0 Å². The third kappa shape index (κ3) is 4.08. The fraction of sp³-hybridized carbons (Fsp3) is 0.611. The number of rotatable bonds is 6. The summed E-state index contributed by atoms with van der Waals surface area (Å²) >= 11 is 0. The Kier molecular flexibility index (Phi) is 6.40. The molecule has 1 saturated heterocycles. The number of β-amino-alcohol motifs (C(OH)–C–C–N with tert-alkyl or cyclic N) is 1. The van der Waals surface area contributed by atoms with Crippen molar-refractivity contribution in [1.29, 1.82) is 0 Å². The molecule has 0 saturated carbocycles. The van der Waals surface area contributed by atoms with Gasteiger partial charge >= 0.3 is 0 Å². The van der Waals surface area contributed by atoms with E-state index in [1.54, 1.807) is 0 Å². The van der Waals surface area contributed by atoms with Gasteiger partial charge in [0.1, 0.15) is 0 Å². The van der Waals surface area contributed by atoms with Crippen molar-refractivity contribution in [1.82, 2.24) is 9.80 Å². The number of amides is 1. The molecule has 2 unspecified atom stereocenters. The van der Waals surface area contributed by atoms with E-state index in [0.717, 1.165) is 38.2 Å². The summed E-state index contributed by atoms with van der Waals surface area (Å²) in [6.45, 7) is 8.44. The van der Waals surface area contributed by atoms with E-state index in [2.05, 4.69) is 30.9 Å². The lowest BCUT2D eigenvalue weighted by Gasteiger charge is -2.37. The highest BCUT2D eigenvalue weighted by molar-refractivity contribution is 5.84. The maximum Gasteiger partial charge on any atom is 0.230 e. The summed E-state index contributed by atoms with van der Waals surface area (Å²) in [5, 5.41) is 9.01. The maximum atomic E-state index is 13.0. The van der Waals surface area contributed by atoms with E-state index >= 15 is 0 Å². The molecule has 4 nitrogen and oxygen atoms in total. The van der Waals surface area contributed by atoms with Gasteiger partial charge in [0, 0.05) is 32.7 Å². The molecule has 0 spiro atoms. The van der Waals surface area contributed by atoms with Crippen molar-refractivity contribution in [3.8, 4) is 0 Å². The molecule has 1 heterocycles. The van der Waals surface area contributed by atoms with Gasteiger partial charge in [-0.3, -0.25) is 9.69 Å². The van der Waals surface area contributed by atoms with Crippen LogP contribution in [0.15, 0.2) is 30.3 Å². The Hall–Kier alpha value is -1.39. The number of benzene rings is 1. The molecule has 1 fully saturated rings. The predicted octanol–water partition coefficient (Wildman–Crippen LogP) is 1.95. The fourth-order valence-corrected chi connectivity index (χ4v) is 3.14. The predicted molar refractivity (Wildman–Crippen MR) is 88.7 cm³/mol. The van der Waals surface area contributed by atoms with Crippen molar-refractivity contribution in [2.75, 3.05) is 39.3 Å². The van der Waals surface area contributed by atoms with Gasteiger partial charge in [-0.2, -0.15) is 0 Å². The SMILES string of the molecule is CCC(C)C(C(=O)N1CCN(CCO)CC1)c1ccccc1. The lowest BCUT2D eigenvalue weighted by Crippen LogP contribution is -2.51. The van der Waals surface area contributed by atoms with Crippen LogP contribution in [0.4, 0.5) is 0 Å². The van der Waals surface area contributed by atoms with Gasteiger partial charge in [-0.1, -0.05) is 50.6 Å². The monoisotopic (exact) mass is 304 g/mol. The van der Waals surface area contributed by atoms with Gasteiger partial charge in [0.15, 0.2) is 0 Å². The van der Waals surface area contributed by atoms with Crippen LogP contribution in [-0.2, 0) is 4.79 Å². The average Bonchev–Trinajstić information content (AvgIpc) is 2.56. The van der Waals surface area contributed by atoms with Crippen LogP contribution in [0.1, 0.15) is 31.7 Å². The molecule has 1 aromatic rings. The van der Waals surface area contributed by atoms with Crippen molar-refractivity contribution in [2.24, 2.45) is 5.92 Å². The lowest BCUT2D eigenvalue weighted by molar-refractivity contribution is -0.135. The molecular formula is C18H28N2O2. The molecule has 2 rings (SSSR count). The van der Waals surface area contributed by atoms with Gasteiger partial charge < -0.3 is 10.0 Å². The first-order valence-electron chi connectivity index (χ1n) is 8.34. The van der Waals surface area contributed by atoms with E-state index in [0.29, 0.717) is 12.5 Å². The second-order valence-corrected chi connectivity index (χ2v) is 6.16. The molecule has 1 aromatic carbocycles. The molecule has 4 heteroatoms. The number of carbonyl (C=O) groups excluding carboxylic acids is 1. The first-order chi connectivity index (χ1) is 10.7. The molecule has 1 aliphatic heterocycles. The standard InChI is InChI=1S/C18H28N2O2/c1-3-15(2)17(16-7-5-4-6-8-16)18(22)20-11-9-19(10-12-20)13-14-21/h4-8,15,17,21H,3,9-14H2,1-2H3. The third-order valence-electron chi connectivity index (χ3n) is 4.74. The van der Waals surface area contributed by atoms with Gasteiger partial charge in [-0.25, -0.2) is 0 Å². The smallest absolute Gasteiger partial charge is 0.230 e. The van der Waals surface area contributed by atoms with Crippen LogP contribution < -0.4 is 0 Å². The van der Waals surface area contributed by atoms with E-state index in [9.17, 15) is 4.79 Å². The largest absolute Gasteiger partial charge is 0.395 e.